The van der Waals surface area contributed by atoms with Crippen molar-refractivity contribution >= 4 is 0 Å². The van der Waals surface area contributed by atoms with Crippen LogP contribution in [0.4, 0.5) is 0 Å². The largest absolute Gasteiger partial charge is 0.480 e. The van der Waals surface area contributed by atoms with Gasteiger partial charge in [-0.25, -0.2) is 4.98 Å². The lowest BCUT2D eigenvalue weighted by molar-refractivity contribution is 0.349. The average Bonchev–Trinajstić information content (AvgIpc) is 3.36. The predicted molar refractivity (Wildman–Crippen MR) is 79.4 cm³/mol. The first-order chi connectivity index (χ1) is 10.2. The molecule has 1 saturated carbocycles. The van der Waals surface area contributed by atoms with Gasteiger partial charge in [-0.15, -0.1) is 0 Å². The highest BCUT2D eigenvalue weighted by Gasteiger charge is 2.51. The van der Waals surface area contributed by atoms with E-state index in [0.717, 1.165) is 12.8 Å². The van der Waals surface area contributed by atoms with Crippen molar-refractivity contribution in [2.75, 3.05) is 14.2 Å². The van der Waals surface area contributed by atoms with Crippen LogP contribution in [0.1, 0.15) is 30.1 Å². The van der Waals surface area contributed by atoms with Gasteiger partial charge in [-0.3, -0.25) is 0 Å². The number of rotatable bonds is 5. The Morgan fingerprint density at radius 1 is 1.14 bits per heavy atom. The summed E-state index contributed by atoms with van der Waals surface area (Å²) in [5, 5.41) is 0. The van der Waals surface area contributed by atoms with Crippen LogP contribution in [0, 0.1) is 0 Å². The first-order valence-electron chi connectivity index (χ1n) is 6.97. The van der Waals surface area contributed by atoms with E-state index in [1.165, 1.54) is 5.56 Å². The number of nitrogens with two attached hydrogens (primary N) is 1. The number of aromatic nitrogens is 2. The fourth-order valence-corrected chi connectivity index (χ4v) is 2.77. The molecule has 0 amide bonds. The van der Waals surface area contributed by atoms with Crippen LogP contribution in [0.15, 0.2) is 36.5 Å². The first kappa shape index (κ1) is 13.8. The van der Waals surface area contributed by atoms with Gasteiger partial charge in [0.05, 0.1) is 26.5 Å². The zero-order valence-corrected chi connectivity index (χ0v) is 12.2. The number of hydrogen-bond donors (Lipinski definition) is 1. The highest BCUT2D eigenvalue weighted by Crippen LogP contribution is 2.56. The van der Waals surface area contributed by atoms with Crippen LogP contribution in [0.5, 0.6) is 11.8 Å². The lowest BCUT2D eigenvalue weighted by atomic mass is 9.86. The molecule has 5 heteroatoms. The van der Waals surface area contributed by atoms with Crippen molar-refractivity contribution in [2.45, 2.75) is 24.3 Å². The van der Waals surface area contributed by atoms with Crippen molar-refractivity contribution in [3.63, 3.8) is 0 Å². The van der Waals surface area contributed by atoms with E-state index in [1.807, 2.05) is 18.2 Å². The summed E-state index contributed by atoms with van der Waals surface area (Å²) in [5.41, 5.74) is 8.38. The van der Waals surface area contributed by atoms with Crippen molar-refractivity contribution < 1.29 is 9.47 Å². The van der Waals surface area contributed by atoms with E-state index in [1.54, 1.807) is 20.4 Å². The van der Waals surface area contributed by atoms with Crippen molar-refractivity contribution in [3.8, 4) is 11.8 Å². The van der Waals surface area contributed by atoms with E-state index in [2.05, 4.69) is 22.1 Å². The minimum atomic E-state index is -0.242. The molecule has 0 bridgehead atoms. The Bertz CT molecular complexity index is 627. The summed E-state index contributed by atoms with van der Waals surface area (Å²) in [6, 6.07) is 10.1. The molecule has 3 rings (SSSR count). The number of benzene rings is 1. The van der Waals surface area contributed by atoms with Crippen molar-refractivity contribution in [3.05, 3.63) is 47.8 Å². The highest BCUT2D eigenvalue weighted by atomic mass is 16.5. The summed E-state index contributed by atoms with van der Waals surface area (Å²) >= 11 is 0. The first-order valence-corrected chi connectivity index (χ1v) is 6.97. The molecule has 1 heterocycles. The Balaban J connectivity index is 1.97. The highest BCUT2D eigenvalue weighted by molar-refractivity contribution is 5.39. The van der Waals surface area contributed by atoms with Gasteiger partial charge in [0.1, 0.15) is 5.69 Å². The summed E-state index contributed by atoms with van der Waals surface area (Å²) in [4.78, 5) is 8.69. The monoisotopic (exact) mass is 285 g/mol. The quantitative estimate of drug-likeness (QED) is 0.912. The summed E-state index contributed by atoms with van der Waals surface area (Å²) in [6.45, 7) is 0. The molecular formula is C16H19N3O2. The zero-order chi connectivity index (χ0) is 14.9. The molecule has 2 N–H and O–H groups in total. The number of hydrogen-bond acceptors (Lipinski definition) is 5. The van der Waals surface area contributed by atoms with Gasteiger partial charge in [0, 0.05) is 5.41 Å². The third-order valence-corrected chi connectivity index (χ3v) is 4.17. The zero-order valence-electron chi connectivity index (χ0n) is 12.2. The number of nitrogens with zero attached hydrogens (tertiary/aromatic N) is 2. The lowest BCUT2D eigenvalue weighted by Crippen LogP contribution is -2.28. The molecular weight excluding hydrogens is 266 g/mol. The van der Waals surface area contributed by atoms with Crippen molar-refractivity contribution in [1.29, 1.82) is 0 Å². The van der Waals surface area contributed by atoms with Crippen molar-refractivity contribution in [2.24, 2.45) is 5.73 Å². The number of ether oxygens (including phenoxy) is 2. The maximum absolute atomic E-state index is 6.51. The van der Waals surface area contributed by atoms with Gasteiger partial charge in [-0.2, -0.15) is 4.98 Å². The summed E-state index contributed by atoms with van der Waals surface area (Å²) < 4.78 is 10.4. The predicted octanol–water partition coefficient (Wildman–Crippen LogP) is 2.23. The third kappa shape index (κ3) is 2.34. The van der Waals surface area contributed by atoms with Gasteiger partial charge in [-0.1, -0.05) is 30.3 Å². The molecule has 0 aliphatic heterocycles. The van der Waals surface area contributed by atoms with Crippen LogP contribution >= 0.6 is 0 Å². The molecule has 0 spiro atoms. The van der Waals surface area contributed by atoms with E-state index in [-0.39, 0.29) is 11.5 Å². The summed E-state index contributed by atoms with van der Waals surface area (Å²) in [5.74, 6) is 0.858. The van der Waals surface area contributed by atoms with Gasteiger partial charge in [0.2, 0.25) is 11.8 Å². The van der Waals surface area contributed by atoms with Crippen LogP contribution < -0.4 is 15.2 Å². The average molecular weight is 285 g/mol. The molecule has 110 valence electrons. The maximum atomic E-state index is 6.51. The van der Waals surface area contributed by atoms with Gasteiger partial charge in [0.15, 0.2) is 0 Å². The van der Waals surface area contributed by atoms with E-state index in [9.17, 15) is 0 Å². The van der Waals surface area contributed by atoms with Gasteiger partial charge in [-0.05, 0) is 18.4 Å². The molecule has 1 atom stereocenters. The molecule has 1 aromatic heterocycles. The summed E-state index contributed by atoms with van der Waals surface area (Å²) in [6.07, 6.45) is 3.68. The molecule has 1 fully saturated rings. The van der Waals surface area contributed by atoms with Crippen LogP contribution in [-0.4, -0.2) is 24.2 Å². The third-order valence-electron chi connectivity index (χ3n) is 4.17. The van der Waals surface area contributed by atoms with Gasteiger partial charge < -0.3 is 15.2 Å². The van der Waals surface area contributed by atoms with Crippen LogP contribution in [-0.2, 0) is 5.41 Å². The van der Waals surface area contributed by atoms with Gasteiger partial charge in [0.25, 0.3) is 0 Å². The molecule has 0 saturated heterocycles. The topological polar surface area (TPSA) is 70.3 Å². The SMILES string of the molecule is COc1cnc(C(N)C2(c3ccccc3)CC2)c(OC)n1. The Morgan fingerprint density at radius 3 is 2.43 bits per heavy atom. The fraction of sp³-hybridized carbons (Fsp3) is 0.375. The van der Waals surface area contributed by atoms with Crippen LogP contribution in [0.3, 0.4) is 0 Å². The minimum absolute atomic E-state index is 0.0577. The maximum Gasteiger partial charge on any atom is 0.240 e. The molecule has 1 aromatic carbocycles. The second-order valence-corrected chi connectivity index (χ2v) is 5.31. The Labute approximate surface area is 124 Å². The molecule has 1 aliphatic rings. The number of methoxy groups -OCH3 is 2. The van der Waals surface area contributed by atoms with E-state index >= 15 is 0 Å². The normalized spacial score (nSPS) is 17.1. The lowest BCUT2D eigenvalue weighted by Gasteiger charge is -2.24. The van der Waals surface area contributed by atoms with E-state index in [4.69, 9.17) is 15.2 Å². The van der Waals surface area contributed by atoms with E-state index < -0.39 is 0 Å². The fourth-order valence-electron chi connectivity index (χ4n) is 2.77. The van der Waals surface area contributed by atoms with E-state index in [0.29, 0.717) is 17.5 Å². The van der Waals surface area contributed by atoms with Crippen LogP contribution in [0.2, 0.25) is 0 Å². The second kappa shape index (κ2) is 5.33. The molecule has 1 unspecified atom stereocenters. The molecule has 2 aromatic rings. The standard InChI is InChI=1S/C16H19N3O2/c1-20-12-10-18-13(15(19-12)21-2)14(17)16(8-9-16)11-6-4-3-5-7-11/h3-7,10,14H,8-9,17H2,1-2H3. The van der Waals surface area contributed by atoms with Crippen molar-refractivity contribution in [1.82, 2.24) is 9.97 Å². The Morgan fingerprint density at radius 2 is 1.86 bits per heavy atom. The second-order valence-electron chi connectivity index (χ2n) is 5.31. The molecule has 5 nitrogen and oxygen atoms in total. The molecule has 1 aliphatic carbocycles. The molecule has 21 heavy (non-hydrogen) atoms. The Hall–Kier alpha value is -2.14. The Kier molecular flexibility index (Phi) is 3.51. The summed E-state index contributed by atoms with van der Waals surface area (Å²) in [7, 11) is 3.12. The van der Waals surface area contributed by atoms with Crippen LogP contribution in [0.25, 0.3) is 0 Å². The molecule has 0 radical (unpaired) electrons. The minimum Gasteiger partial charge on any atom is -0.480 e. The smallest absolute Gasteiger partial charge is 0.240 e. The van der Waals surface area contributed by atoms with Gasteiger partial charge >= 0.3 is 0 Å².